The molecule has 0 saturated carbocycles. The standard InChI is InChI=1S/C23H30N2O3/c1-23(2,3)19-9-10-21(27-4)20(15-19)24-22(26)18-7-5-17(6-8-18)16-25-11-13-28-14-12-25/h5-10,15H,11-14,16H2,1-4H3,(H,24,26). The first-order valence-corrected chi connectivity index (χ1v) is 9.76. The number of morpholine rings is 1. The van der Waals surface area contributed by atoms with E-state index in [-0.39, 0.29) is 11.3 Å². The van der Waals surface area contributed by atoms with Crippen molar-refractivity contribution >= 4 is 11.6 Å². The van der Waals surface area contributed by atoms with E-state index in [4.69, 9.17) is 9.47 Å². The van der Waals surface area contributed by atoms with E-state index in [1.54, 1.807) is 7.11 Å². The molecule has 150 valence electrons. The minimum absolute atomic E-state index is 0.00705. The van der Waals surface area contributed by atoms with Gasteiger partial charge in [0.2, 0.25) is 0 Å². The molecule has 1 saturated heterocycles. The van der Waals surface area contributed by atoms with Crippen LogP contribution in [0.1, 0.15) is 42.3 Å². The molecular formula is C23H30N2O3. The van der Waals surface area contributed by atoms with Crippen LogP contribution < -0.4 is 10.1 Å². The Morgan fingerprint density at radius 1 is 1.11 bits per heavy atom. The highest BCUT2D eigenvalue weighted by molar-refractivity contribution is 6.05. The molecule has 1 heterocycles. The summed E-state index contributed by atoms with van der Waals surface area (Å²) in [5.41, 5.74) is 3.66. The van der Waals surface area contributed by atoms with Crippen molar-refractivity contribution in [2.75, 3.05) is 38.7 Å². The molecule has 2 aromatic rings. The average Bonchev–Trinajstić information content (AvgIpc) is 2.68. The quantitative estimate of drug-likeness (QED) is 0.847. The Hall–Kier alpha value is -2.37. The SMILES string of the molecule is COc1ccc(C(C)(C)C)cc1NC(=O)c1ccc(CN2CCOCC2)cc1. The van der Waals surface area contributed by atoms with E-state index in [9.17, 15) is 4.79 Å². The molecule has 0 unspecified atom stereocenters. The summed E-state index contributed by atoms with van der Waals surface area (Å²) in [6, 6.07) is 13.7. The van der Waals surface area contributed by atoms with E-state index in [0.717, 1.165) is 38.4 Å². The van der Waals surface area contributed by atoms with Gasteiger partial charge in [-0.25, -0.2) is 0 Å². The van der Waals surface area contributed by atoms with Crippen LogP contribution in [0.3, 0.4) is 0 Å². The zero-order valence-corrected chi connectivity index (χ0v) is 17.2. The number of benzene rings is 2. The zero-order valence-electron chi connectivity index (χ0n) is 17.2. The molecule has 0 atom stereocenters. The molecule has 1 amide bonds. The van der Waals surface area contributed by atoms with Gasteiger partial charge >= 0.3 is 0 Å². The monoisotopic (exact) mass is 382 g/mol. The fourth-order valence-electron chi connectivity index (χ4n) is 3.25. The highest BCUT2D eigenvalue weighted by atomic mass is 16.5. The molecule has 1 N–H and O–H groups in total. The molecule has 0 bridgehead atoms. The minimum Gasteiger partial charge on any atom is -0.495 e. The van der Waals surface area contributed by atoms with Crippen molar-refractivity contribution in [3.63, 3.8) is 0 Å². The van der Waals surface area contributed by atoms with E-state index in [2.05, 4.69) is 31.0 Å². The van der Waals surface area contributed by atoms with Crippen LogP contribution in [0, 0.1) is 0 Å². The number of hydrogen-bond donors (Lipinski definition) is 1. The van der Waals surface area contributed by atoms with E-state index in [1.807, 2.05) is 42.5 Å². The van der Waals surface area contributed by atoms with E-state index in [1.165, 1.54) is 5.56 Å². The number of carbonyl (C=O) groups is 1. The van der Waals surface area contributed by atoms with E-state index >= 15 is 0 Å². The number of carbonyl (C=O) groups excluding carboxylic acids is 1. The van der Waals surface area contributed by atoms with Gasteiger partial charge in [-0.1, -0.05) is 39.0 Å². The Labute approximate surface area is 167 Å². The van der Waals surface area contributed by atoms with Gasteiger partial charge in [-0.15, -0.1) is 0 Å². The molecule has 0 spiro atoms. The van der Waals surface area contributed by atoms with Crippen LogP contribution in [0.25, 0.3) is 0 Å². The number of anilines is 1. The lowest BCUT2D eigenvalue weighted by Crippen LogP contribution is -2.35. The van der Waals surface area contributed by atoms with Gasteiger partial charge in [-0.05, 0) is 40.8 Å². The average molecular weight is 383 g/mol. The maximum absolute atomic E-state index is 12.8. The second-order valence-corrected chi connectivity index (χ2v) is 8.20. The maximum Gasteiger partial charge on any atom is 0.255 e. The summed E-state index contributed by atoms with van der Waals surface area (Å²) in [5.74, 6) is 0.521. The lowest BCUT2D eigenvalue weighted by molar-refractivity contribution is 0.0342. The van der Waals surface area contributed by atoms with Crippen LogP contribution >= 0.6 is 0 Å². The number of methoxy groups -OCH3 is 1. The third kappa shape index (κ3) is 5.12. The van der Waals surface area contributed by atoms with Gasteiger partial charge in [0.15, 0.2) is 0 Å². The highest BCUT2D eigenvalue weighted by Gasteiger charge is 2.17. The molecule has 3 rings (SSSR count). The molecule has 28 heavy (non-hydrogen) atoms. The number of ether oxygens (including phenoxy) is 2. The van der Waals surface area contributed by atoms with Gasteiger partial charge in [0, 0.05) is 25.2 Å². The summed E-state index contributed by atoms with van der Waals surface area (Å²) in [4.78, 5) is 15.1. The van der Waals surface area contributed by atoms with Crippen LogP contribution in [0.15, 0.2) is 42.5 Å². The van der Waals surface area contributed by atoms with Gasteiger partial charge in [-0.2, -0.15) is 0 Å². The predicted molar refractivity (Wildman–Crippen MR) is 112 cm³/mol. The Kier molecular flexibility index (Phi) is 6.37. The fourth-order valence-corrected chi connectivity index (χ4v) is 3.25. The largest absolute Gasteiger partial charge is 0.495 e. The molecule has 1 aliphatic heterocycles. The first-order valence-electron chi connectivity index (χ1n) is 9.76. The Balaban J connectivity index is 1.70. The number of hydrogen-bond acceptors (Lipinski definition) is 4. The van der Waals surface area contributed by atoms with Crippen LogP contribution in [0.5, 0.6) is 5.75 Å². The number of nitrogens with one attached hydrogen (secondary N) is 1. The van der Waals surface area contributed by atoms with Gasteiger partial charge in [0.05, 0.1) is 26.0 Å². The summed E-state index contributed by atoms with van der Waals surface area (Å²) in [7, 11) is 1.61. The molecule has 5 nitrogen and oxygen atoms in total. The first kappa shape index (κ1) is 20.4. The highest BCUT2D eigenvalue weighted by Crippen LogP contribution is 2.31. The minimum atomic E-state index is -0.137. The summed E-state index contributed by atoms with van der Waals surface area (Å²) < 4.78 is 10.8. The van der Waals surface area contributed by atoms with Crippen molar-refractivity contribution in [2.24, 2.45) is 0 Å². The van der Waals surface area contributed by atoms with Gasteiger partial charge in [0.1, 0.15) is 5.75 Å². The molecule has 1 aliphatic rings. The van der Waals surface area contributed by atoms with Crippen LogP contribution in [0.2, 0.25) is 0 Å². The van der Waals surface area contributed by atoms with E-state index in [0.29, 0.717) is 17.0 Å². The van der Waals surface area contributed by atoms with Crippen LogP contribution in [-0.4, -0.2) is 44.2 Å². The third-order valence-electron chi connectivity index (χ3n) is 5.04. The lowest BCUT2D eigenvalue weighted by atomic mass is 9.87. The molecule has 5 heteroatoms. The molecular weight excluding hydrogens is 352 g/mol. The number of amides is 1. The second-order valence-electron chi connectivity index (χ2n) is 8.20. The number of rotatable bonds is 5. The summed E-state index contributed by atoms with van der Waals surface area (Å²) in [5, 5.41) is 3.00. The summed E-state index contributed by atoms with van der Waals surface area (Å²) in [6.45, 7) is 10.8. The summed E-state index contributed by atoms with van der Waals surface area (Å²) in [6.07, 6.45) is 0. The van der Waals surface area contributed by atoms with Crippen molar-refractivity contribution in [2.45, 2.75) is 32.7 Å². The van der Waals surface area contributed by atoms with Crippen LogP contribution in [-0.2, 0) is 16.7 Å². The topological polar surface area (TPSA) is 50.8 Å². The maximum atomic E-state index is 12.8. The third-order valence-corrected chi connectivity index (χ3v) is 5.04. The molecule has 0 aromatic heterocycles. The van der Waals surface area contributed by atoms with E-state index < -0.39 is 0 Å². The number of nitrogens with zero attached hydrogens (tertiary/aromatic N) is 1. The Morgan fingerprint density at radius 2 is 1.79 bits per heavy atom. The van der Waals surface area contributed by atoms with Crippen LogP contribution in [0.4, 0.5) is 5.69 Å². The Morgan fingerprint density at radius 3 is 2.39 bits per heavy atom. The normalized spacial score (nSPS) is 15.3. The van der Waals surface area contributed by atoms with Gasteiger partial charge < -0.3 is 14.8 Å². The molecule has 1 fully saturated rings. The lowest BCUT2D eigenvalue weighted by Gasteiger charge is -2.26. The van der Waals surface area contributed by atoms with Gasteiger partial charge in [0.25, 0.3) is 5.91 Å². The molecule has 2 aromatic carbocycles. The van der Waals surface area contributed by atoms with Crippen molar-refractivity contribution in [1.82, 2.24) is 4.90 Å². The second kappa shape index (κ2) is 8.76. The smallest absolute Gasteiger partial charge is 0.255 e. The van der Waals surface area contributed by atoms with Crippen molar-refractivity contribution in [3.05, 3.63) is 59.2 Å². The molecule has 0 radical (unpaired) electrons. The van der Waals surface area contributed by atoms with Crippen molar-refractivity contribution in [3.8, 4) is 5.75 Å². The van der Waals surface area contributed by atoms with Gasteiger partial charge in [-0.3, -0.25) is 9.69 Å². The Bertz CT molecular complexity index is 804. The van der Waals surface area contributed by atoms with Crippen molar-refractivity contribution in [1.29, 1.82) is 0 Å². The predicted octanol–water partition coefficient (Wildman–Crippen LogP) is 4.08. The van der Waals surface area contributed by atoms with Crippen molar-refractivity contribution < 1.29 is 14.3 Å². The fraction of sp³-hybridized carbons (Fsp3) is 0.435. The first-order chi connectivity index (χ1) is 13.4. The molecule has 0 aliphatic carbocycles. The summed E-state index contributed by atoms with van der Waals surface area (Å²) >= 11 is 0. The zero-order chi connectivity index (χ0) is 20.1.